The van der Waals surface area contributed by atoms with E-state index in [0.29, 0.717) is 5.92 Å². The first-order chi connectivity index (χ1) is 6.77. The highest BCUT2D eigenvalue weighted by molar-refractivity contribution is 5.57. The van der Waals surface area contributed by atoms with Crippen molar-refractivity contribution < 1.29 is 0 Å². The van der Waals surface area contributed by atoms with Crippen molar-refractivity contribution in [2.75, 3.05) is 32.5 Å². The summed E-state index contributed by atoms with van der Waals surface area (Å²) in [5.74, 6) is 0.702. The molecule has 0 aromatic heterocycles. The monoisotopic (exact) mass is 190 g/mol. The van der Waals surface area contributed by atoms with Gasteiger partial charge in [-0.05, 0) is 38.7 Å². The molecule has 0 unspecified atom stereocenters. The summed E-state index contributed by atoms with van der Waals surface area (Å²) in [6.07, 6.45) is 1.25. The van der Waals surface area contributed by atoms with E-state index in [2.05, 4.69) is 48.6 Å². The van der Waals surface area contributed by atoms with Gasteiger partial charge in [0, 0.05) is 18.2 Å². The zero-order valence-corrected chi connectivity index (χ0v) is 8.96. The van der Waals surface area contributed by atoms with Gasteiger partial charge in [-0.15, -0.1) is 0 Å². The van der Waals surface area contributed by atoms with Gasteiger partial charge in [0.25, 0.3) is 0 Å². The van der Waals surface area contributed by atoms with Crippen LogP contribution in [0.25, 0.3) is 0 Å². The third kappa shape index (κ3) is 1.90. The van der Waals surface area contributed by atoms with Crippen LogP contribution in [0.3, 0.4) is 0 Å². The Morgan fingerprint density at radius 3 is 2.93 bits per heavy atom. The van der Waals surface area contributed by atoms with E-state index in [0.717, 1.165) is 6.54 Å². The SMILES string of the molecule is CN(C)CC[C@@H]1CNc2ccccc21. The Labute approximate surface area is 85.9 Å². The van der Waals surface area contributed by atoms with Crippen LogP contribution in [-0.4, -0.2) is 32.1 Å². The van der Waals surface area contributed by atoms with Crippen molar-refractivity contribution in [3.05, 3.63) is 29.8 Å². The van der Waals surface area contributed by atoms with Crippen molar-refractivity contribution in [1.29, 1.82) is 0 Å². The van der Waals surface area contributed by atoms with Gasteiger partial charge in [0.2, 0.25) is 0 Å². The number of para-hydroxylation sites is 1. The third-order valence-electron chi connectivity index (χ3n) is 2.86. The van der Waals surface area contributed by atoms with Crippen LogP contribution in [0, 0.1) is 0 Å². The number of benzene rings is 1. The second kappa shape index (κ2) is 4.01. The van der Waals surface area contributed by atoms with Crippen LogP contribution in [0.2, 0.25) is 0 Å². The Balaban J connectivity index is 2.03. The van der Waals surface area contributed by atoms with Gasteiger partial charge in [-0.2, -0.15) is 0 Å². The normalized spacial score (nSPS) is 19.5. The second-order valence-corrected chi connectivity index (χ2v) is 4.26. The standard InChI is InChI=1S/C12H18N2/c1-14(2)8-7-10-9-13-12-6-4-3-5-11(10)12/h3-6,10,13H,7-9H2,1-2H3/t10-/m1/s1. The molecule has 2 heteroatoms. The molecular formula is C12H18N2. The Morgan fingerprint density at radius 1 is 1.36 bits per heavy atom. The summed E-state index contributed by atoms with van der Waals surface area (Å²) in [7, 11) is 4.27. The Hall–Kier alpha value is -1.02. The van der Waals surface area contributed by atoms with Gasteiger partial charge in [-0.1, -0.05) is 18.2 Å². The molecular weight excluding hydrogens is 172 g/mol. The first kappa shape index (κ1) is 9.53. The summed E-state index contributed by atoms with van der Waals surface area (Å²) in [5, 5.41) is 3.46. The van der Waals surface area contributed by atoms with Crippen LogP contribution in [0.5, 0.6) is 0 Å². The zero-order chi connectivity index (χ0) is 9.97. The predicted octanol–water partition coefficient (Wildman–Crippen LogP) is 2.15. The fourth-order valence-electron chi connectivity index (χ4n) is 2.03. The molecule has 0 radical (unpaired) electrons. The van der Waals surface area contributed by atoms with Crippen molar-refractivity contribution >= 4 is 5.69 Å². The fraction of sp³-hybridized carbons (Fsp3) is 0.500. The molecule has 1 aromatic rings. The van der Waals surface area contributed by atoms with Gasteiger partial charge in [-0.25, -0.2) is 0 Å². The van der Waals surface area contributed by atoms with Crippen molar-refractivity contribution in [2.24, 2.45) is 0 Å². The fourth-order valence-corrected chi connectivity index (χ4v) is 2.03. The lowest BCUT2D eigenvalue weighted by atomic mass is 9.98. The lowest BCUT2D eigenvalue weighted by Gasteiger charge is -2.14. The van der Waals surface area contributed by atoms with E-state index in [1.54, 1.807) is 0 Å². The summed E-state index contributed by atoms with van der Waals surface area (Å²) >= 11 is 0. The van der Waals surface area contributed by atoms with Crippen molar-refractivity contribution in [3.63, 3.8) is 0 Å². The lowest BCUT2D eigenvalue weighted by molar-refractivity contribution is 0.386. The highest BCUT2D eigenvalue weighted by Gasteiger charge is 2.20. The van der Waals surface area contributed by atoms with Gasteiger partial charge in [-0.3, -0.25) is 0 Å². The van der Waals surface area contributed by atoms with Crippen LogP contribution in [0.15, 0.2) is 24.3 Å². The van der Waals surface area contributed by atoms with Crippen molar-refractivity contribution in [2.45, 2.75) is 12.3 Å². The van der Waals surface area contributed by atoms with Crippen molar-refractivity contribution in [3.8, 4) is 0 Å². The molecule has 0 bridgehead atoms. The van der Waals surface area contributed by atoms with Gasteiger partial charge < -0.3 is 10.2 Å². The van der Waals surface area contributed by atoms with Gasteiger partial charge in [0.15, 0.2) is 0 Å². The van der Waals surface area contributed by atoms with E-state index in [-0.39, 0.29) is 0 Å². The van der Waals surface area contributed by atoms with Crippen LogP contribution < -0.4 is 5.32 Å². The van der Waals surface area contributed by atoms with Crippen LogP contribution in [0.4, 0.5) is 5.69 Å². The molecule has 1 N–H and O–H groups in total. The highest BCUT2D eigenvalue weighted by Crippen LogP contribution is 2.32. The number of anilines is 1. The third-order valence-corrected chi connectivity index (χ3v) is 2.86. The molecule has 1 heterocycles. The smallest absolute Gasteiger partial charge is 0.0376 e. The van der Waals surface area contributed by atoms with E-state index in [9.17, 15) is 0 Å². The highest BCUT2D eigenvalue weighted by atomic mass is 15.0. The van der Waals surface area contributed by atoms with E-state index in [1.807, 2.05) is 0 Å². The Kier molecular flexibility index (Phi) is 2.73. The number of rotatable bonds is 3. The predicted molar refractivity (Wildman–Crippen MR) is 60.8 cm³/mol. The Bertz CT molecular complexity index is 307. The number of hydrogen-bond acceptors (Lipinski definition) is 2. The van der Waals surface area contributed by atoms with Gasteiger partial charge >= 0.3 is 0 Å². The van der Waals surface area contributed by atoms with Gasteiger partial charge in [0.05, 0.1) is 0 Å². The van der Waals surface area contributed by atoms with E-state index < -0.39 is 0 Å². The molecule has 14 heavy (non-hydrogen) atoms. The number of hydrogen-bond donors (Lipinski definition) is 1. The largest absolute Gasteiger partial charge is 0.384 e. The maximum absolute atomic E-state index is 3.46. The summed E-state index contributed by atoms with van der Waals surface area (Å²) in [4.78, 5) is 2.25. The molecule has 0 aliphatic carbocycles. The lowest BCUT2D eigenvalue weighted by Crippen LogP contribution is -2.16. The molecule has 0 amide bonds. The molecule has 1 aliphatic rings. The minimum atomic E-state index is 0.702. The van der Waals surface area contributed by atoms with Crippen LogP contribution >= 0.6 is 0 Å². The molecule has 76 valence electrons. The molecule has 0 spiro atoms. The quantitative estimate of drug-likeness (QED) is 0.785. The van der Waals surface area contributed by atoms with Crippen molar-refractivity contribution in [1.82, 2.24) is 4.90 Å². The summed E-state index contributed by atoms with van der Waals surface area (Å²) in [5.41, 5.74) is 2.82. The molecule has 0 saturated heterocycles. The molecule has 2 nitrogen and oxygen atoms in total. The minimum Gasteiger partial charge on any atom is -0.384 e. The van der Waals surface area contributed by atoms with E-state index in [1.165, 1.54) is 24.2 Å². The van der Waals surface area contributed by atoms with E-state index in [4.69, 9.17) is 0 Å². The minimum absolute atomic E-state index is 0.702. The maximum Gasteiger partial charge on any atom is 0.0376 e. The molecule has 1 aromatic carbocycles. The molecule has 0 saturated carbocycles. The zero-order valence-electron chi connectivity index (χ0n) is 8.96. The molecule has 2 rings (SSSR count). The van der Waals surface area contributed by atoms with Gasteiger partial charge in [0.1, 0.15) is 0 Å². The number of nitrogens with zero attached hydrogens (tertiary/aromatic N) is 1. The van der Waals surface area contributed by atoms with Crippen LogP contribution in [-0.2, 0) is 0 Å². The topological polar surface area (TPSA) is 15.3 Å². The number of nitrogens with one attached hydrogen (secondary N) is 1. The summed E-state index contributed by atoms with van der Waals surface area (Å²) in [6.45, 7) is 2.27. The molecule has 0 fully saturated rings. The Morgan fingerprint density at radius 2 is 2.14 bits per heavy atom. The van der Waals surface area contributed by atoms with Crippen LogP contribution in [0.1, 0.15) is 17.9 Å². The average Bonchev–Trinajstić information content (AvgIpc) is 2.58. The molecule has 1 aliphatic heterocycles. The first-order valence-corrected chi connectivity index (χ1v) is 5.25. The number of fused-ring (bicyclic) bond motifs is 1. The summed E-state index contributed by atoms with van der Waals surface area (Å²) in [6, 6.07) is 8.65. The first-order valence-electron chi connectivity index (χ1n) is 5.25. The second-order valence-electron chi connectivity index (χ2n) is 4.26. The van der Waals surface area contributed by atoms with E-state index >= 15 is 0 Å². The summed E-state index contributed by atoms with van der Waals surface area (Å²) < 4.78 is 0. The average molecular weight is 190 g/mol. The molecule has 1 atom stereocenters. The maximum atomic E-state index is 3.46.